The summed E-state index contributed by atoms with van der Waals surface area (Å²) in [7, 11) is 0. The monoisotopic (exact) mass is 341 g/mol. The minimum Gasteiger partial charge on any atom is -0.463 e. The molecule has 0 aromatic rings. The maximum absolute atomic E-state index is 12.5. The molecule has 0 aromatic heterocycles. The molecule has 6 nitrogen and oxygen atoms in total. The van der Waals surface area contributed by atoms with Crippen LogP contribution in [0.5, 0.6) is 0 Å². The Morgan fingerprint density at radius 3 is 2.25 bits per heavy atom. The van der Waals surface area contributed by atoms with Crippen LogP contribution in [0, 0.1) is 0 Å². The second-order valence-corrected chi connectivity index (χ2v) is 7.90. The summed E-state index contributed by atoms with van der Waals surface area (Å²) in [6, 6.07) is -0.253. The van der Waals surface area contributed by atoms with Crippen LogP contribution in [0.4, 0.5) is 4.79 Å². The Morgan fingerprint density at radius 1 is 1.12 bits per heavy atom. The van der Waals surface area contributed by atoms with E-state index in [0.717, 1.165) is 0 Å². The Hall–Kier alpha value is -1.56. The first-order chi connectivity index (χ1) is 10.9. The largest absolute Gasteiger partial charge is 0.463 e. The number of rotatable bonds is 4. The predicted molar refractivity (Wildman–Crippen MR) is 91.7 cm³/mol. The number of esters is 1. The summed E-state index contributed by atoms with van der Waals surface area (Å²) in [6.45, 7) is 13.9. The third-order valence-corrected chi connectivity index (χ3v) is 3.19. The average Bonchev–Trinajstić information content (AvgIpc) is 2.75. The number of nitrogens with zero attached hydrogens (tertiary/aromatic N) is 1. The van der Waals surface area contributed by atoms with Gasteiger partial charge in [0.05, 0.1) is 30.9 Å². The Kier molecular flexibility index (Phi) is 6.84. The van der Waals surface area contributed by atoms with E-state index in [1.807, 2.05) is 41.5 Å². The number of carbonyl (C=O) groups excluding carboxylic acids is 2. The van der Waals surface area contributed by atoms with Crippen molar-refractivity contribution in [3.63, 3.8) is 0 Å². The molecular formula is C18H31NO5. The molecule has 0 radical (unpaired) electrons. The molecule has 1 saturated heterocycles. The molecule has 0 saturated carbocycles. The lowest BCUT2D eigenvalue weighted by molar-refractivity contribution is -0.137. The molecule has 0 aliphatic carbocycles. The van der Waals surface area contributed by atoms with Crippen LogP contribution in [0.2, 0.25) is 0 Å². The molecule has 0 spiro atoms. The zero-order valence-corrected chi connectivity index (χ0v) is 15.9. The van der Waals surface area contributed by atoms with Crippen molar-refractivity contribution < 1.29 is 23.8 Å². The Morgan fingerprint density at radius 2 is 1.75 bits per heavy atom. The van der Waals surface area contributed by atoms with Crippen LogP contribution < -0.4 is 0 Å². The Bertz CT molecular complexity index is 473. The molecule has 2 atom stereocenters. The van der Waals surface area contributed by atoms with E-state index in [4.69, 9.17) is 14.2 Å². The molecule has 1 amide bonds. The molecule has 1 heterocycles. The Balaban J connectivity index is 2.85. The third-order valence-electron chi connectivity index (χ3n) is 3.19. The zero-order chi connectivity index (χ0) is 18.5. The maximum Gasteiger partial charge on any atom is 0.410 e. The van der Waals surface area contributed by atoms with Gasteiger partial charge in [0.1, 0.15) is 5.60 Å². The zero-order valence-electron chi connectivity index (χ0n) is 15.9. The van der Waals surface area contributed by atoms with E-state index in [1.54, 1.807) is 17.9 Å². The molecule has 6 heteroatoms. The standard InChI is InChI=1S/C18H31NO5/c1-8-22-15(20)10-9-13-11-14(23-17(2,3)4)12-19(13)16(21)24-18(5,6)7/h9-10,13-14H,8,11-12H2,1-7H3/b10-9+/t13-,14?/m1/s1. The van der Waals surface area contributed by atoms with Gasteiger partial charge in [0.2, 0.25) is 0 Å². The van der Waals surface area contributed by atoms with Gasteiger partial charge in [0, 0.05) is 6.08 Å². The minimum absolute atomic E-state index is 0.102. The van der Waals surface area contributed by atoms with Crippen LogP contribution in [0.3, 0.4) is 0 Å². The van der Waals surface area contributed by atoms with Gasteiger partial charge in [-0.25, -0.2) is 9.59 Å². The van der Waals surface area contributed by atoms with Gasteiger partial charge in [0.15, 0.2) is 0 Å². The van der Waals surface area contributed by atoms with Crippen molar-refractivity contribution in [2.24, 2.45) is 0 Å². The smallest absolute Gasteiger partial charge is 0.410 e. The number of carbonyl (C=O) groups is 2. The van der Waals surface area contributed by atoms with Crippen LogP contribution in [0.15, 0.2) is 12.2 Å². The van der Waals surface area contributed by atoms with E-state index in [-0.39, 0.29) is 17.7 Å². The highest BCUT2D eigenvalue weighted by Gasteiger charge is 2.38. The van der Waals surface area contributed by atoms with E-state index in [2.05, 4.69) is 0 Å². The number of likely N-dealkylation sites (tertiary alicyclic amines) is 1. The van der Waals surface area contributed by atoms with Gasteiger partial charge in [-0.1, -0.05) is 6.08 Å². The van der Waals surface area contributed by atoms with Crippen molar-refractivity contribution in [3.8, 4) is 0 Å². The summed E-state index contributed by atoms with van der Waals surface area (Å²) >= 11 is 0. The molecular weight excluding hydrogens is 310 g/mol. The quantitative estimate of drug-likeness (QED) is 0.580. The first-order valence-electron chi connectivity index (χ1n) is 8.43. The minimum atomic E-state index is -0.574. The van der Waals surface area contributed by atoms with Crippen molar-refractivity contribution in [2.75, 3.05) is 13.2 Å². The summed E-state index contributed by atoms with van der Waals surface area (Å²) < 4.78 is 16.4. The second-order valence-electron chi connectivity index (χ2n) is 7.90. The molecule has 1 aliphatic heterocycles. The normalized spacial score (nSPS) is 22.0. The van der Waals surface area contributed by atoms with Crippen molar-refractivity contribution in [2.45, 2.75) is 78.2 Å². The van der Waals surface area contributed by atoms with Crippen LogP contribution in [-0.2, 0) is 19.0 Å². The van der Waals surface area contributed by atoms with E-state index in [9.17, 15) is 9.59 Å². The molecule has 0 aromatic carbocycles. The van der Waals surface area contributed by atoms with Gasteiger partial charge in [-0.05, 0) is 54.9 Å². The highest BCUT2D eigenvalue weighted by molar-refractivity contribution is 5.82. The summed E-state index contributed by atoms with van der Waals surface area (Å²) in [5.41, 5.74) is -0.876. The first kappa shape index (κ1) is 20.5. The lowest BCUT2D eigenvalue weighted by Gasteiger charge is -2.27. The van der Waals surface area contributed by atoms with Gasteiger partial charge in [-0.3, -0.25) is 4.90 Å². The number of hydrogen-bond acceptors (Lipinski definition) is 5. The van der Waals surface area contributed by atoms with Gasteiger partial charge < -0.3 is 14.2 Å². The van der Waals surface area contributed by atoms with Crippen molar-refractivity contribution in [1.82, 2.24) is 4.90 Å². The van der Waals surface area contributed by atoms with Crippen molar-refractivity contribution in [1.29, 1.82) is 0 Å². The molecule has 0 bridgehead atoms. The molecule has 24 heavy (non-hydrogen) atoms. The average molecular weight is 341 g/mol. The molecule has 138 valence electrons. The highest BCUT2D eigenvalue weighted by Crippen LogP contribution is 2.27. The fourth-order valence-electron chi connectivity index (χ4n) is 2.50. The number of ether oxygens (including phenoxy) is 3. The van der Waals surface area contributed by atoms with Gasteiger partial charge in [-0.2, -0.15) is 0 Å². The van der Waals surface area contributed by atoms with E-state index in [0.29, 0.717) is 19.6 Å². The fraction of sp³-hybridized carbons (Fsp3) is 0.778. The van der Waals surface area contributed by atoms with E-state index >= 15 is 0 Å². The summed E-state index contributed by atoms with van der Waals surface area (Å²) in [4.78, 5) is 25.6. The van der Waals surface area contributed by atoms with Crippen molar-refractivity contribution >= 4 is 12.1 Å². The molecule has 1 rings (SSSR count). The summed E-state index contributed by atoms with van der Waals surface area (Å²) in [5.74, 6) is -0.415. The number of hydrogen-bond donors (Lipinski definition) is 0. The molecule has 0 N–H and O–H groups in total. The molecule has 1 fully saturated rings. The van der Waals surface area contributed by atoms with E-state index in [1.165, 1.54) is 6.08 Å². The van der Waals surface area contributed by atoms with Gasteiger partial charge in [0.25, 0.3) is 0 Å². The van der Waals surface area contributed by atoms with Crippen LogP contribution >= 0.6 is 0 Å². The lowest BCUT2D eigenvalue weighted by Crippen LogP contribution is -2.40. The highest BCUT2D eigenvalue weighted by atomic mass is 16.6. The molecule has 1 unspecified atom stereocenters. The van der Waals surface area contributed by atoms with Crippen molar-refractivity contribution in [3.05, 3.63) is 12.2 Å². The van der Waals surface area contributed by atoms with Crippen LogP contribution in [-0.4, -0.2) is 53.5 Å². The lowest BCUT2D eigenvalue weighted by atomic mass is 10.1. The second kappa shape index (κ2) is 8.01. The number of amides is 1. The van der Waals surface area contributed by atoms with E-state index < -0.39 is 17.7 Å². The third kappa shape index (κ3) is 7.34. The van der Waals surface area contributed by atoms with Gasteiger partial charge in [-0.15, -0.1) is 0 Å². The predicted octanol–water partition coefficient (Wildman–Crippen LogP) is 3.30. The SMILES string of the molecule is CCOC(=O)/C=C/[C@@H]1CC(OC(C)(C)C)CN1C(=O)OC(C)(C)C. The van der Waals surface area contributed by atoms with Crippen LogP contribution in [0.1, 0.15) is 54.9 Å². The van der Waals surface area contributed by atoms with Crippen LogP contribution in [0.25, 0.3) is 0 Å². The Labute approximate surface area is 145 Å². The topological polar surface area (TPSA) is 65.1 Å². The summed E-state index contributed by atoms with van der Waals surface area (Å²) in [6.07, 6.45) is 3.17. The fourth-order valence-corrected chi connectivity index (χ4v) is 2.50. The molecule has 1 aliphatic rings. The summed E-state index contributed by atoms with van der Waals surface area (Å²) in [5, 5.41) is 0. The first-order valence-corrected chi connectivity index (χ1v) is 8.43. The maximum atomic E-state index is 12.5. The van der Waals surface area contributed by atoms with Gasteiger partial charge >= 0.3 is 12.1 Å².